The standard InChI is InChI=1S/C14H11FN2O2/c15-11-3-1-9-5-6-17(12(9)7-11)13-4-2-10(8-16-13)14(18)19/h1-4,7-8H,5-6H2,(H,18,19). The summed E-state index contributed by atoms with van der Waals surface area (Å²) in [5.41, 5.74) is 2.02. The lowest BCUT2D eigenvalue weighted by Crippen LogP contribution is -2.15. The van der Waals surface area contributed by atoms with Crippen molar-refractivity contribution in [1.82, 2.24) is 4.98 Å². The van der Waals surface area contributed by atoms with Crippen LogP contribution in [-0.4, -0.2) is 22.6 Å². The van der Waals surface area contributed by atoms with Crippen LogP contribution in [0.5, 0.6) is 0 Å². The van der Waals surface area contributed by atoms with Crippen LogP contribution in [0.3, 0.4) is 0 Å². The van der Waals surface area contributed by atoms with Crippen LogP contribution >= 0.6 is 0 Å². The lowest BCUT2D eigenvalue weighted by Gasteiger charge is -2.18. The maximum absolute atomic E-state index is 13.3. The summed E-state index contributed by atoms with van der Waals surface area (Å²) in [4.78, 5) is 16.8. The van der Waals surface area contributed by atoms with Crippen LogP contribution in [0, 0.1) is 5.82 Å². The zero-order valence-electron chi connectivity index (χ0n) is 10.0. The minimum Gasteiger partial charge on any atom is -0.478 e. The van der Waals surface area contributed by atoms with Gasteiger partial charge in [-0.25, -0.2) is 14.2 Å². The average molecular weight is 258 g/mol. The first-order valence-electron chi connectivity index (χ1n) is 5.90. The maximum Gasteiger partial charge on any atom is 0.337 e. The normalized spacial score (nSPS) is 13.4. The summed E-state index contributed by atoms with van der Waals surface area (Å²) in [5.74, 6) is -0.658. The van der Waals surface area contributed by atoms with Crippen molar-refractivity contribution in [3.63, 3.8) is 0 Å². The summed E-state index contributed by atoms with van der Waals surface area (Å²) in [6.07, 6.45) is 2.15. The molecule has 0 saturated carbocycles. The number of carboxylic acids is 1. The van der Waals surface area contributed by atoms with Crippen molar-refractivity contribution in [3.05, 3.63) is 53.5 Å². The van der Waals surface area contributed by atoms with E-state index >= 15 is 0 Å². The van der Waals surface area contributed by atoms with Gasteiger partial charge in [0.15, 0.2) is 0 Å². The summed E-state index contributed by atoms with van der Waals surface area (Å²) in [6, 6.07) is 7.85. The maximum atomic E-state index is 13.3. The number of nitrogens with zero attached hydrogens (tertiary/aromatic N) is 2. The van der Waals surface area contributed by atoms with Crippen molar-refractivity contribution in [2.24, 2.45) is 0 Å². The molecule has 5 heteroatoms. The highest BCUT2D eigenvalue weighted by molar-refractivity contribution is 5.87. The number of carboxylic acid groups (broad SMARTS) is 1. The third kappa shape index (κ3) is 2.03. The topological polar surface area (TPSA) is 53.4 Å². The SMILES string of the molecule is O=C(O)c1ccc(N2CCc3ccc(F)cc32)nc1. The van der Waals surface area contributed by atoms with E-state index in [-0.39, 0.29) is 11.4 Å². The fourth-order valence-corrected chi connectivity index (χ4v) is 2.26. The lowest BCUT2D eigenvalue weighted by atomic mass is 10.2. The van der Waals surface area contributed by atoms with E-state index < -0.39 is 5.97 Å². The van der Waals surface area contributed by atoms with Gasteiger partial charge in [-0.1, -0.05) is 6.07 Å². The number of hydrogen-bond acceptors (Lipinski definition) is 3. The van der Waals surface area contributed by atoms with Gasteiger partial charge in [-0.15, -0.1) is 0 Å². The van der Waals surface area contributed by atoms with Crippen LogP contribution in [0.4, 0.5) is 15.9 Å². The Balaban J connectivity index is 1.97. The Morgan fingerprint density at radius 2 is 2.16 bits per heavy atom. The van der Waals surface area contributed by atoms with Crippen molar-refractivity contribution in [2.75, 3.05) is 11.4 Å². The van der Waals surface area contributed by atoms with E-state index in [4.69, 9.17) is 5.11 Å². The van der Waals surface area contributed by atoms with Gasteiger partial charge in [-0.3, -0.25) is 0 Å². The highest BCUT2D eigenvalue weighted by Gasteiger charge is 2.21. The molecule has 96 valence electrons. The molecule has 3 rings (SSSR count). The molecule has 1 aliphatic heterocycles. The molecule has 0 aliphatic carbocycles. The highest BCUT2D eigenvalue weighted by atomic mass is 19.1. The number of aromatic nitrogens is 1. The zero-order valence-corrected chi connectivity index (χ0v) is 10.0. The number of halogens is 1. The number of anilines is 2. The number of benzene rings is 1. The van der Waals surface area contributed by atoms with E-state index in [2.05, 4.69) is 4.98 Å². The Hall–Kier alpha value is -2.43. The second-order valence-electron chi connectivity index (χ2n) is 4.38. The molecule has 19 heavy (non-hydrogen) atoms. The van der Waals surface area contributed by atoms with E-state index in [1.54, 1.807) is 12.1 Å². The Morgan fingerprint density at radius 3 is 2.84 bits per heavy atom. The van der Waals surface area contributed by atoms with E-state index in [1.807, 2.05) is 4.90 Å². The molecule has 0 saturated heterocycles. The van der Waals surface area contributed by atoms with Gasteiger partial charge in [-0.2, -0.15) is 0 Å². The van der Waals surface area contributed by atoms with Gasteiger partial charge in [0.05, 0.1) is 5.56 Å². The summed E-state index contributed by atoms with van der Waals surface area (Å²) >= 11 is 0. The van der Waals surface area contributed by atoms with Crippen LogP contribution < -0.4 is 4.90 Å². The van der Waals surface area contributed by atoms with Gasteiger partial charge >= 0.3 is 5.97 Å². The fraction of sp³-hybridized carbons (Fsp3) is 0.143. The number of carbonyl (C=O) groups is 1. The predicted octanol–water partition coefficient (Wildman–Crippen LogP) is 2.61. The fourth-order valence-electron chi connectivity index (χ4n) is 2.26. The first kappa shape index (κ1) is 11.6. The monoisotopic (exact) mass is 258 g/mol. The largest absolute Gasteiger partial charge is 0.478 e. The van der Waals surface area contributed by atoms with Crippen LogP contribution in [-0.2, 0) is 6.42 Å². The molecule has 0 radical (unpaired) electrons. The number of rotatable bonds is 2. The second kappa shape index (κ2) is 4.35. The first-order valence-corrected chi connectivity index (χ1v) is 5.90. The average Bonchev–Trinajstić information content (AvgIpc) is 2.81. The molecule has 2 heterocycles. The van der Waals surface area contributed by atoms with E-state index in [0.717, 1.165) is 24.2 Å². The third-order valence-corrected chi connectivity index (χ3v) is 3.21. The lowest BCUT2D eigenvalue weighted by molar-refractivity contribution is 0.0696. The summed E-state index contributed by atoms with van der Waals surface area (Å²) in [6.45, 7) is 0.720. The van der Waals surface area contributed by atoms with Crippen molar-refractivity contribution in [1.29, 1.82) is 0 Å². The molecule has 1 aromatic heterocycles. The van der Waals surface area contributed by atoms with Crippen LogP contribution in [0.1, 0.15) is 15.9 Å². The summed E-state index contributed by atoms with van der Waals surface area (Å²) in [7, 11) is 0. The molecule has 0 unspecified atom stereocenters. The molecular weight excluding hydrogens is 247 g/mol. The second-order valence-corrected chi connectivity index (χ2v) is 4.38. The van der Waals surface area contributed by atoms with Gasteiger partial charge in [0.1, 0.15) is 11.6 Å². The van der Waals surface area contributed by atoms with Crippen LogP contribution in [0.25, 0.3) is 0 Å². The molecule has 0 fully saturated rings. The Bertz CT molecular complexity index is 640. The highest BCUT2D eigenvalue weighted by Crippen LogP contribution is 2.33. The molecule has 0 amide bonds. The zero-order chi connectivity index (χ0) is 13.4. The molecule has 4 nitrogen and oxygen atoms in total. The minimum absolute atomic E-state index is 0.141. The first-order chi connectivity index (χ1) is 9.15. The Kier molecular flexibility index (Phi) is 2.67. The number of pyridine rings is 1. The molecule has 1 N–H and O–H groups in total. The van der Waals surface area contributed by atoms with E-state index in [1.165, 1.54) is 24.4 Å². The van der Waals surface area contributed by atoms with Crippen LogP contribution in [0.15, 0.2) is 36.5 Å². The molecule has 2 aromatic rings. The van der Waals surface area contributed by atoms with Gasteiger partial charge < -0.3 is 10.0 Å². The van der Waals surface area contributed by atoms with Crippen LogP contribution in [0.2, 0.25) is 0 Å². The molecular formula is C14H11FN2O2. The van der Waals surface area contributed by atoms with Gasteiger partial charge in [0.2, 0.25) is 0 Å². The van der Waals surface area contributed by atoms with Crippen molar-refractivity contribution in [2.45, 2.75) is 6.42 Å². The predicted molar refractivity (Wildman–Crippen MR) is 68.3 cm³/mol. The molecule has 0 atom stereocenters. The van der Waals surface area contributed by atoms with Crippen molar-refractivity contribution in [3.8, 4) is 0 Å². The number of fused-ring (bicyclic) bond motifs is 1. The molecule has 1 aromatic carbocycles. The van der Waals surface area contributed by atoms with E-state index in [0.29, 0.717) is 5.82 Å². The molecule has 1 aliphatic rings. The summed E-state index contributed by atoms with van der Waals surface area (Å²) in [5, 5.41) is 8.83. The molecule has 0 bridgehead atoms. The Morgan fingerprint density at radius 1 is 1.32 bits per heavy atom. The number of aromatic carboxylic acids is 1. The Labute approximate surface area is 109 Å². The van der Waals surface area contributed by atoms with Gasteiger partial charge in [-0.05, 0) is 36.2 Å². The number of hydrogen-bond donors (Lipinski definition) is 1. The van der Waals surface area contributed by atoms with Crippen molar-refractivity contribution >= 4 is 17.5 Å². The van der Waals surface area contributed by atoms with Gasteiger partial charge in [0, 0.05) is 18.4 Å². The minimum atomic E-state index is -1.01. The van der Waals surface area contributed by atoms with Gasteiger partial charge in [0.25, 0.3) is 0 Å². The summed E-state index contributed by atoms with van der Waals surface area (Å²) < 4.78 is 13.3. The third-order valence-electron chi connectivity index (χ3n) is 3.21. The quantitative estimate of drug-likeness (QED) is 0.899. The smallest absolute Gasteiger partial charge is 0.337 e. The van der Waals surface area contributed by atoms with Crippen molar-refractivity contribution < 1.29 is 14.3 Å². The molecule has 0 spiro atoms. The van der Waals surface area contributed by atoms with E-state index in [9.17, 15) is 9.18 Å².